The maximum atomic E-state index is 10.1. The van der Waals surface area contributed by atoms with Gasteiger partial charge in [-0.25, -0.2) is 9.50 Å². The normalized spacial score (nSPS) is 20.5. The van der Waals surface area contributed by atoms with Crippen molar-refractivity contribution in [2.45, 2.75) is 25.1 Å². The van der Waals surface area contributed by atoms with Gasteiger partial charge in [-0.3, -0.25) is 4.90 Å². The van der Waals surface area contributed by atoms with Gasteiger partial charge in [0.15, 0.2) is 5.82 Å². The summed E-state index contributed by atoms with van der Waals surface area (Å²) in [4.78, 5) is 6.59. The molecule has 0 unspecified atom stereocenters. The Bertz CT molecular complexity index is 993. The molecule has 2 atom stereocenters. The fourth-order valence-corrected chi connectivity index (χ4v) is 3.44. The van der Waals surface area contributed by atoms with E-state index in [2.05, 4.69) is 26.4 Å². The number of piperidine rings is 1. The van der Waals surface area contributed by atoms with Crippen molar-refractivity contribution in [3.05, 3.63) is 54.0 Å². The van der Waals surface area contributed by atoms with Crippen molar-refractivity contribution in [3.63, 3.8) is 0 Å². The summed E-state index contributed by atoms with van der Waals surface area (Å²) in [6.07, 6.45) is 3.66. The Balaban J connectivity index is 1.62. The number of nitrogens with two attached hydrogens (primary N) is 1. The van der Waals surface area contributed by atoms with Gasteiger partial charge >= 0.3 is 0 Å². The van der Waals surface area contributed by atoms with Gasteiger partial charge < -0.3 is 16.2 Å². The molecular weight excluding hydrogens is 342 g/mol. The minimum atomic E-state index is -0.504. The summed E-state index contributed by atoms with van der Waals surface area (Å²) in [6.45, 7) is 2.08. The SMILES string of the molecule is N#Cc1cccc(Nc2ncnn3ccc(CN4CC[C@H](N)[C@H](O)C4)c23)c1. The number of hydrogen-bond acceptors (Lipinski definition) is 7. The van der Waals surface area contributed by atoms with Crippen LogP contribution in [0, 0.1) is 11.3 Å². The molecule has 4 N–H and O–H groups in total. The molecule has 8 nitrogen and oxygen atoms in total. The number of aliphatic hydroxyl groups is 1. The van der Waals surface area contributed by atoms with E-state index < -0.39 is 6.10 Å². The second-order valence-corrected chi connectivity index (χ2v) is 6.82. The Hall–Kier alpha value is -2.99. The van der Waals surface area contributed by atoms with E-state index in [-0.39, 0.29) is 6.04 Å². The third-order valence-electron chi connectivity index (χ3n) is 4.90. The molecule has 1 fully saturated rings. The number of nitrogens with zero attached hydrogens (tertiary/aromatic N) is 5. The Morgan fingerprint density at radius 2 is 2.26 bits per heavy atom. The Morgan fingerprint density at radius 1 is 1.37 bits per heavy atom. The van der Waals surface area contributed by atoms with Crippen LogP contribution in [0.15, 0.2) is 42.9 Å². The second-order valence-electron chi connectivity index (χ2n) is 6.82. The highest BCUT2D eigenvalue weighted by molar-refractivity contribution is 5.76. The third kappa shape index (κ3) is 3.61. The summed E-state index contributed by atoms with van der Waals surface area (Å²) < 4.78 is 1.78. The molecule has 0 radical (unpaired) electrons. The molecule has 0 spiro atoms. The summed E-state index contributed by atoms with van der Waals surface area (Å²) in [5.41, 5.74) is 9.23. The van der Waals surface area contributed by atoms with E-state index in [0.717, 1.165) is 29.7 Å². The Morgan fingerprint density at radius 3 is 3.07 bits per heavy atom. The first-order valence-corrected chi connectivity index (χ1v) is 8.88. The number of nitrogens with one attached hydrogen (secondary N) is 1. The summed E-state index contributed by atoms with van der Waals surface area (Å²) in [5, 5.41) is 26.7. The largest absolute Gasteiger partial charge is 0.390 e. The van der Waals surface area contributed by atoms with Crippen LogP contribution >= 0.6 is 0 Å². The van der Waals surface area contributed by atoms with Crippen molar-refractivity contribution in [1.29, 1.82) is 5.26 Å². The van der Waals surface area contributed by atoms with Crippen molar-refractivity contribution in [1.82, 2.24) is 19.5 Å². The predicted molar refractivity (Wildman–Crippen MR) is 101 cm³/mol. The van der Waals surface area contributed by atoms with Gasteiger partial charge in [-0.1, -0.05) is 6.07 Å². The molecule has 138 valence electrons. The predicted octanol–water partition coefficient (Wildman–Crippen LogP) is 1.24. The number of benzene rings is 1. The minimum Gasteiger partial charge on any atom is -0.390 e. The van der Waals surface area contributed by atoms with Gasteiger partial charge in [0.25, 0.3) is 0 Å². The number of β-amino-alcohol motifs (C(OH)–C–C–N with tert-alkyl or cyclic N) is 1. The van der Waals surface area contributed by atoms with Crippen molar-refractivity contribution in [2.24, 2.45) is 5.73 Å². The number of rotatable bonds is 4. The number of likely N-dealkylation sites (tertiary alicyclic amines) is 1. The van der Waals surface area contributed by atoms with Gasteiger partial charge in [-0.05, 0) is 36.2 Å². The second kappa shape index (κ2) is 7.32. The van der Waals surface area contributed by atoms with Gasteiger partial charge in [0.1, 0.15) is 11.8 Å². The van der Waals surface area contributed by atoms with Crippen LogP contribution in [0.3, 0.4) is 0 Å². The monoisotopic (exact) mass is 363 g/mol. The Labute approximate surface area is 156 Å². The molecule has 2 aromatic heterocycles. The average Bonchev–Trinajstić information content (AvgIpc) is 3.09. The average molecular weight is 363 g/mol. The van der Waals surface area contributed by atoms with Crippen molar-refractivity contribution in [3.8, 4) is 6.07 Å². The van der Waals surface area contributed by atoms with Crippen molar-refractivity contribution >= 4 is 17.0 Å². The molecule has 0 amide bonds. The summed E-state index contributed by atoms with van der Waals surface area (Å²) in [6, 6.07) is 11.3. The third-order valence-corrected chi connectivity index (χ3v) is 4.90. The standard InChI is InChI=1S/C19H21N7O/c20-9-13-2-1-3-15(8-13)24-19-18-14(4-7-26(18)23-12-22-19)10-25-6-5-16(21)17(27)11-25/h1-4,7-8,12,16-17,27H,5-6,10-11,21H2,(H,22,23,24)/t16-,17+/m0/s1. The summed E-state index contributed by atoms with van der Waals surface area (Å²) >= 11 is 0. The summed E-state index contributed by atoms with van der Waals surface area (Å²) in [5.74, 6) is 0.675. The van der Waals surface area contributed by atoms with Gasteiger partial charge in [0.2, 0.25) is 0 Å². The van der Waals surface area contributed by atoms with Gasteiger partial charge in [-0.15, -0.1) is 0 Å². The van der Waals surface area contributed by atoms with Crippen LogP contribution in [-0.2, 0) is 6.54 Å². The number of anilines is 2. The van der Waals surface area contributed by atoms with E-state index in [1.165, 1.54) is 6.33 Å². The molecule has 8 heteroatoms. The lowest BCUT2D eigenvalue weighted by atomic mass is 10.0. The topological polar surface area (TPSA) is 116 Å². The van der Waals surface area contributed by atoms with Crippen LogP contribution in [0.4, 0.5) is 11.5 Å². The highest BCUT2D eigenvalue weighted by Crippen LogP contribution is 2.25. The van der Waals surface area contributed by atoms with Crippen LogP contribution in [0.25, 0.3) is 5.52 Å². The van der Waals surface area contributed by atoms with E-state index >= 15 is 0 Å². The van der Waals surface area contributed by atoms with E-state index in [0.29, 0.717) is 24.5 Å². The van der Waals surface area contributed by atoms with E-state index in [1.54, 1.807) is 16.6 Å². The number of fused-ring (bicyclic) bond motifs is 1. The smallest absolute Gasteiger partial charge is 0.158 e. The lowest BCUT2D eigenvalue weighted by Gasteiger charge is -2.33. The van der Waals surface area contributed by atoms with E-state index in [4.69, 9.17) is 11.0 Å². The zero-order chi connectivity index (χ0) is 18.8. The molecule has 1 saturated heterocycles. The van der Waals surface area contributed by atoms with E-state index in [9.17, 15) is 5.11 Å². The molecule has 1 aliphatic heterocycles. The first-order valence-electron chi connectivity index (χ1n) is 8.88. The Kier molecular flexibility index (Phi) is 4.73. The maximum Gasteiger partial charge on any atom is 0.158 e. The van der Waals surface area contributed by atoms with Crippen LogP contribution in [0.2, 0.25) is 0 Å². The molecule has 0 bridgehead atoms. The number of nitriles is 1. The van der Waals surface area contributed by atoms with Gasteiger partial charge in [0, 0.05) is 37.6 Å². The molecule has 4 rings (SSSR count). The first kappa shape index (κ1) is 17.4. The van der Waals surface area contributed by atoms with Crippen molar-refractivity contribution < 1.29 is 5.11 Å². The fraction of sp³-hybridized carbons (Fsp3) is 0.316. The lowest BCUT2D eigenvalue weighted by Crippen LogP contribution is -2.50. The summed E-state index contributed by atoms with van der Waals surface area (Å²) in [7, 11) is 0. The zero-order valence-corrected chi connectivity index (χ0v) is 14.8. The number of aromatic nitrogens is 3. The fourth-order valence-electron chi connectivity index (χ4n) is 3.44. The zero-order valence-electron chi connectivity index (χ0n) is 14.8. The van der Waals surface area contributed by atoms with Crippen LogP contribution in [0.5, 0.6) is 0 Å². The molecular formula is C19H21N7O. The van der Waals surface area contributed by atoms with Crippen molar-refractivity contribution in [2.75, 3.05) is 18.4 Å². The quantitative estimate of drug-likeness (QED) is 0.639. The maximum absolute atomic E-state index is 10.1. The molecule has 1 aromatic carbocycles. The van der Waals surface area contributed by atoms with Crippen LogP contribution in [-0.4, -0.2) is 49.8 Å². The lowest BCUT2D eigenvalue weighted by molar-refractivity contribution is 0.0501. The molecule has 1 aliphatic rings. The molecule has 3 heterocycles. The molecule has 27 heavy (non-hydrogen) atoms. The van der Waals surface area contributed by atoms with Gasteiger partial charge in [-0.2, -0.15) is 10.4 Å². The van der Waals surface area contributed by atoms with Crippen LogP contribution in [0.1, 0.15) is 17.5 Å². The minimum absolute atomic E-state index is 0.153. The first-order chi connectivity index (χ1) is 13.1. The molecule has 0 saturated carbocycles. The molecule has 0 aliphatic carbocycles. The number of hydrogen-bond donors (Lipinski definition) is 3. The van der Waals surface area contributed by atoms with E-state index in [1.807, 2.05) is 24.4 Å². The number of aliphatic hydroxyl groups excluding tert-OH is 1. The van der Waals surface area contributed by atoms with Crippen LogP contribution < -0.4 is 11.1 Å². The van der Waals surface area contributed by atoms with Gasteiger partial charge in [0.05, 0.1) is 17.7 Å². The highest BCUT2D eigenvalue weighted by atomic mass is 16.3. The molecule has 3 aromatic rings. The highest BCUT2D eigenvalue weighted by Gasteiger charge is 2.25.